The monoisotopic (exact) mass is 470 g/mol. The SMILES string of the molecule is CC.CC.CC(=O)/C=C\C(=O)NCc1cn(CC(C)(C)OCCC(C)C)nn1.CC(C)CO. The first kappa shape index (κ1) is 35.5. The number of amides is 1. The van der Waals surface area contributed by atoms with Gasteiger partial charge in [-0.3, -0.25) is 9.59 Å². The van der Waals surface area contributed by atoms with Crippen LogP contribution in [-0.2, 0) is 27.4 Å². The van der Waals surface area contributed by atoms with Crippen LogP contribution in [-0.4, -0.2) is 50.6 Å². The van der Waals surface area contributed by atoms with Crippen molar-refractivity contribution in [3.05, 3.63) is 24.0 Å². The van der Waals surface area contributed by atoms with Crippen LogP contribution < -0.4 is 5.32 Å². The highest BCUT2D eigenvalue weighted by atomic mass is 16.5. The van der Waals surface area contributed by atoms with Gasteiger partial charge < -0.3 is 15.2 Å². The highest BCUT2D eigenvalue weighted by Crippen LogP contribution is 2.14. The number of rotatable bonds is 11. The van der Waals surface area contributed by atoms with E-state index >= 15 is 0 Å². The number of allylic oxidation sites excluding steroid dienone is 1. The van der Waals surface area contributed by atoms with Gasteiger partial charge in [-0.25, -0.2) is 4.68 Å². The van der Waals surface area contributed by atoms with E-state index in [-0.39, 0.29) is 23.8 Å². The summed E-state index contributed by atoms with van der Waals surface area (Å²) in [5.74, 6) is 0.544. The van der Waals surface area contributed by atoms with Gasteiger partial charge in [0.15, 0.2) is 5.78 Å². The molecule has 0 spiro atoms. The van der Waals surface area contributed by atoms with Gasteiger partial charge in [-0.1, -0.05) is 60.6 Å². The van der Waals surface area contributed by atoms with Crippen LogP contribution in [0.3, 0.4) is 0 Å². The van der Waals surface area contributed by atoms with Crippen LogP contribution >= 0.6 is 0 Å². The largest absolute Gasteiger partial charge is 0.396 e. The Morgan fingerprint density at radius 3 is 2.12 bits per heavy atom. The van der Waals surface area contributed by atoms with Crippen molar-refractivity contribution in [2.75, 3.05) is 13.2 Å². The van der Waals surface area contributed by atoms with Crippen LogP contribution in [0, 0.1) is 11.8 Å². The number of ether oxygens (including phenoxy) is 1. The second kappa shape index (κ2) is 21.8. The Kier molecular flexibility index (Phi) is 23.4. The lowest BCUT2D eigenvalue weighted by atomic mass is 10.1. The van der Waals surface area contributed by atoms with Crippen LogP contribution in [0.2, 0.25) is 0 Å². The first-order valence-corrected chi connectivity index (χ1v) is 12.1. The minimum absolute atomic E-state index is 0.171. The average Bonchev–Trinajstić information content (AvgIpc) is 3.20. The summed E-state index contributed by atoms with van der Waals surface area (Å²) in [4.78, 5) is 22.3. The normalized spacial score (nSPS) is 10.6. The van der Waals surface area contributed by atoms with Crippen molar-refractivity contribution < 1.29 is 19.4 Å². The van der Waals surface area contributed by atoms with E-state index in [0.29, 0.717) is 37.3 Å². The molecule has 0 aromatic carbocycles. The Morgan fingerprint density at radius 2 is 1.67 bits per heavy atom. The molecule has 1 heterocycles. The van der Waals surface area contributed by atoms with Crippen LogP contribution in [0.1, 0.15) is 88.3 Å². The number of hydrogen-bond donors (Lipinski definition) is 2. The molecular weight excluding hydrogens is 420 g/mol. The minimum atomic E-state index is -0.340. The zero-order valence-electron chi connectivity index (χ0n) is 22.9. The molecule has 1 rings (SSSR count). The fourth-order valence-corrected chi connectivity index (χ4v) is 1.93. The maximum absolute atomic E-state index is 11.5. The highest BCUT2D eigenvalue weighted by molar-refractivity contribution is 5.96. The minimum Gasteiger partial charge on any atom is -0.396 e. The summed E-state index contributed by atoms with van der Waals surface area (Å²) >= 11 is 0. The molecular formula is C25H50N4O4. The van der Waals surface area contributed by atoms with E-state index in [1.807, 2.05) is 55.4 Å². The van der Waals surface area contributed by atoms with E-state index in [9.17, 15) is 9.59 Å². The summed E-state index contributed by atoms with van der Waals surface area (Å²) in [6, 6.07) is 0. The third-order valence-electron chi connectivity index (χ3n) is 3.60. The highest BCUT2D eigenvalue weighted by Gasteiger charge is 2.20. The molecule has 194 valence electrons. The molecule has 0 saturated carbocycles. The van der Waals surface area contributed by atoms with E-state index in [0.717, 1.165) is 6.42 Å². The first-order valence-electron chi connectivity index (χ1n) is 12.1. The lowest BCUT2D eigenvalue weighted by Crippen LogP contribution is -2.31. The Morgan fingerprint density at radius 1 is 1.12 bits per heavy atom. The number of ketones is 1. The quantitative estimate of drug-likeness (QED) is 0.459. The van der Waals surface area contributed by atoms with Gasteiger partial charge in [0.05, 0.1) is 24.9 Å². The molecule has 33 heavy (non-hydrogen) atoms. The Hall–Kier alpha value is -2.06. The average molecular weight is 471 g/mol. The predicted octanol–water partition coefficient (Wildman–Crippen LogP) is 4.57. The molecule has 0 unspecified atom stereocenters. The summed E-state index contributed by atoms with van der Waals surface area (Å²) in [7, 11) is 0. The van der Waals surface area contributed by atoms with E-state index in [2.05, 4.69) is 29.5 Å². The number of hydrogen-bond acceptors (Lipinski definition) is 6. The van der Waals surface area contributed by atoms with Crippen LogP contribution in [0.4, 0.5) is 0 Å². The Bertz CT molecular complexity index is 638. The number of nitrogens with zero attached hydrogens (tertiary/aromatic N) is 3. The summed E-state index contributed by atoms with van der Waals surface area (Å²) in [6.07, 6.45) is 5.23. The summed E-state index contributed by atoms with van der Waals surface area (Å²) in [5, 5.41) is 18.9. The second-order valence-electron chi connectivity index (χ2n) is 8.44. The molecule has 0 aliphatic heterocycles. The number of aliphatic hydroxyl groups excluding tert-OH is 1. The molecule has 8 nitrogen and oxygen atoms in total. The molecule has 8 heteroatoms. The summed E-state index contributed by atoms with van der Waals surface area (Å²) in [6.45, 7) is 23.6. The third kappa shape index (κ3) is 24.4. The van der Waals surface area contributed by atoms with E-state index in [1.165, 1.54) is 19.1 Å². The van der Waals surface area contributed by atoms with Gasteiger partial charge in [0.25, 0.3) is 0 Å². The first-order chi connectivity index (χ1) is 15.4. The Balaban J connectivity index is -0.000000862. The van der Waals surface area contributed by atoms with Crippen molar-refractivity contribution in [3.63, 3.8) is 0 Å². The van der Waals surface area contributed by atoms with Crippen LogP contribution in [0.25, 0.3) is 0 Å². The van der Waals surface area contributed by atoms with E-state index in [1.54, 1.807) is 10.9 Å². The standard InChI is InChI=1S/C17H28N4O3.C4H10O.2C2H6/c1-13(2)8-9-24-17(4,5)12-21-11-15(19-20-21)10-18-16(23)7-6-14(3)22;1-4(2)3-5;2*1-2/h6-7,11,13H,8-10,12H2,1-5H3,(H,18,23);4-5H,3H2,1-2H3;2*1-2H3/b7-6-;;;. The number of aliphatic hydroxyl groups is 1. The van der Waals surface area contributed by atoms with Crippen molar-refractivity contribution in [2.24, 2.45) is 11.8 Å². The fraction of sp³-hybridized carbons (Fsp3) is 0.760. The lowest BCUT2D eigenvalue weighted by molar-refractivity contribution is -0.117. The molecule has 0 radical (unpaired) electrons. The number of aromatic nitrogens is 3. The summed E-state index contributed by atoms with van der Waals surface area (Å²) < 4.78 is 7.62. The van der Waals surface area contributed by atoms with Crippen molar-refractivity contribution in [2.45, 2.75) is 101 Å². The molecule has 2 N–H and O–H groups in total. The number of carbonyl (C=O) groups excluding carboxylic acids is 2. The fourth-order valence-electron chi connectivity index (χ4n) is 1.93. The van der Waals surface area contributed by atoms with Crippen molar-refractivity contribution in [3.8, 4) is 0 Å². The van der Waals surface area contributed by atoms with Crippen molar-refractivity contribution >= 4 is 11.7 Å². The molecule has 0 saturated heterocycles. The van der Waals surface area contributed by atoms with E-state index in [4.69, 9.17) is 9.84 Å². The lowest BCUT2D eigenvalue weighted by Gasteiger charge is -2.25. The summed E-state index contributed by atoms with van der Waals surface area (Å²) in [5.41, 5.74) is 0.311. The van der Waals surface area contributed by atoms with Gasteiger partial charge in [-0.05, 0) is 45.1 Å². The molecule has 0 aliphatic rings. The smallest absolute Gasteiger partial charge is 0.244 e. The van der Waals surface area contributed by atoms with Crippen LogP contribution in [0.15, 0.2) is 18.3 Å². The molecule has 1 aromatic rings. The predicted molar refractivity (Wildman–Crippen MR) is 136 cm³/mol. The topological polar surface area (TPSA) is 106 Å². The molecule has 0 atom stereocenters. The zero-order chi connectivity index (χ0) is 26.4. The number of carbonyl (C=O) groups is 2. The molecule has 0 aliphatic carbocycles. The van der Waals surface area contributed by atoms with Gasteiger partial charge >= 0.3 is 0 Å². The van der Waals surface area contributed by atoms with Crippen molar-refractivity contribution in [1.82, 2.24) is 20.3 Å². The molecule has 0 fully saturated rings. The van der Waals surface area contributed by atoms with Gasteiger partial charge in [-0.2, -0.15) is 0 Å². The van der Waals surface area contributed by atoms with Gasteiger partial charge in [0.2, 0.25) is 5.91 Å². The molecule has 1 amide bonds. The van der Waals surface area contributed by atoms with Crippen LogP contribution in [0.5, 0.6) is 0 Å². The third-order valence-corrected chi connectivity index (χ3v) is 3.60. The molecule has 1 aromatic heterocycles. The Labute approximate surface area is 202 Å². The maximum atomic E-state index is 11.5. The van der Waals surface area contributed by atoms with Gasteiger partial charge in [-0.15, -0.1) is 5.10 Å². The number of nitrogens with one attached hydrogen (secondary N) is 1. The zero-order valence-corrected chi connectivity index (χ0v) is 22.9. The van der Waals surface area contributed by atoms with Gasteiger partial charge in [0, 0.05) is 19.3 Å². The van der Waals surface area contributed by atoms with E-state index < -0.39 is 0 Å². The second-order valence-corrected chi connectivity index (χ2v) is 8.44. The van der Waals surface area contributed by atoms with Crippen molar-refractivity contribution in [1.29, 1.82) is 0 Å². The maximum Gasteiger partial charge on any atom is 0.244 e. The van der Waals surface area contributed by atoms with Gasteiger partial charge in [0.1, 0.15) is 5.69 Å². The molecule has 0 bridgehead atoms.